The van der Waals surface area contributed by atoms with Gasteiger partial charge in [0.25, 0.3) is 0 Å². The molecule has 0 atom stereocenters. The van der Waals surface area contributed by atoms with Gasteiger partial charge in [-0.1, -0.05) is 6.07 Å². The van der Waals surface area contributed by atoms with E-state index in [0.717, 1.165) is 16.9 Å². The quantitative estimate of drug-likeness (QED) is 0.812. The normalized spacial score (nSPS) is 10.3. The number of rotatable bonds is 7. The van der Waals surface area contributed by atoms with Crippen molar-refractivity contribution < 1.29 is 14.3 Å². The SMILES string of the molecule is COc1ccc(C)cc1NC(=O)CCN(C(C)=O)c1ccc(N(C)C)cc1. The Kier molecular flexibility index (Phi) is 6.82. The third-order valence-corrected chi connectivity index (χ3v) is 4.25. The molecule has 0 aromatic heterocycles. The van der Waals surface area contributed by atoms with Crippen LogP contribution < -0.4 is 19.9 Å². The number of hydrogen-bond acceptors (Lipinski definition) is 4. The average molecular weight is 369 g/mol. The molecule has 0 aliphatic rings. The summed E-state index contributed by atoms with van der Waals surface area (Å²) in [6.07, 6.45) is 0.187. The van der Waals surface area contributed by atoms with Gasteiger partial charge in [-0.2, -0.15) is 0 Å². The Morgan fingerprint density at radius 2 is 1.67 bits per heavy atom. The predicted octanol–water partition coefficient (Wildman–Crippen LogP) is 3.45. The Morgan fingerprint density at radius 1 is 1.04 bits per heavy atom. The number of hydrogen-bond donors (Lipinski definition) is 1. The van der Waals surface area contributed by atoms with E-state index in [0.29, 0.717) is 18.0 Å². The van der Waals surface area contributed by atoms with E-state index in [1.807, 2.05) is 68.4 Å². The van der Waals surface area contributed by atoms with E-state index < -0.39 is 0 Å². The van der Waals surface area contributed by atoms with Crippen molar-refractivity contribution in [1.29, 1.82) is 0 Å². The van der Waals surface area contributed by atoms with Gasteiger partial charge in [-0.3, -0.25) is 9.59 Å². The molecule has 0 aliphatic heterocycles. The fourth-order valence-electron chi connectivity index (χ4n) is 2.74. The van der Waals surface area contributed by atoms with Gasteiger partial charge in [-0.25, -0.2) is 0 Å². The molecule has 1 N–H and O–H groups in total. The van der Waals surface area contributed by atoms with Gasteiger partial charge in [0.15, 0.2) is 0 Å². The van der Waals surface area contributed by atoms with Crippen LogP contribution in [0.4, 0.5) is 17.1 Å². The first-order valence-electron chi connectivity index (χ1n) is 8.82. The third kappa shape index (κ3) is 5.48. The van der Waals surface area contributed by atoms with Crippen molar-refractivity contribution in [3.05, 3.63) is 48.0 Å². The van der Waals surface area contributed by atoms with Crippen molar-refractivity contribution in [2.75, 3.05) is 42.9 Å². The summed E-state index contributed by atoms with van der Waals surface area (Å²) in [4.78, 5) is 28.0. The molecule has 0 spiro atoms. The fraction of sp³-hybridized carbons (Fsp3) is 0.333. The summed E-state index contributed by atoms with van der Waals surface area (Å²) >= 11 is 0. The zero-order chi connectivity index (χ0) is 20.0. The van der Waals surface area contributed by atoms with Gasteiger partial charge in [0, 0.05) is 45.4 Å². The van der Waals surface area contributed by atoms with Gasteiger partial charge in [-0.15, -0.1) is 0 Å². The zero-order valence-electron chi connectivity index (χ0n) is 16.6. The first-order chi connectivity index (χ1) is 12.8. The van der Waals surface area contributed by atoms with E-state index in [2.05, 4.69) is 5.32 Å². The number of anilines is 3. The van der Waals surface area contributed by atoms with Crippen LogP contribution in [-0.4, -0.2) is 39.6 Å². The molecule has 0 saturated carbocycles. The number of carbonyl (C=O) groups is 2. The zero-order valence-corrected chi connectivity index (χ0v) is 16.6. The lowest BCUT2D eigenvalue weighted by atomic mass is 10.2. The molecule has 0 aliphatic carbocycles. The molecule has 0 fully saturated rings. The van der Waals surface area contributed by atoms with Crippen LogP contribution in [0.1, 0.15) is 18.9 Å². The number of benzene rings is 2. The van der Waals surface area contributed by atoms with Crippen molar-refractivity contribution in [3.63, 3.8) is 0 Å². The van der Waals surface area contributed by atoms with E-state index in [9.17, 15) is 9.59 Å². The van der Waals surface area contributed by atoms with Crippen LogP contribution in [-0.2, 0) is 9.59 Å². The minimum Gasteiger partial charge on any atom is -0.495 e. The van der Waals surface area contributed by atoms with Crippen LogP contribution in [0.25, 0.3) is 0 Å². The summed E-state index contributed by atoms with van der Waals surface area (Å²) in [5, 5.41) is 2.86. The lowest BCUT2D eigenvalue weighted by Gasteiger charge is -2.22. The third-order valence-electron chi connectivity index (χ3n) is 4.25. The lowest BCUT2D eigenvalue weighted by molar-refractivity contribution is -0.117. The molecular formula is C21H27N3O3. The Hall–Kier alpha value is -3.02. The van der Waals surface area contributed by atoms with Gasteiger partial charge in [0.1, 0.15) is 5.75 Å². The maximum Gasteiger partial charge on any atom is 0.226 e. The summed E-state index contributed by atoms with van der Waals surface area (Å²) in [7, 11) is 5.48. The van der Waals surface area contributed by atoms with Gasteiger partial charge in [-0.05, 0) is 48.9 Å². The molecule has 2 amide bonds. The monoisotopic (exact) mass is 369 g/mol. The van der Waals surface area contributed by atoms with Gasteiger partial charge < -0.3 is 19.9 Å². The van der Waals surface area contributed by atoms with E-state index in [4.69, 9.17) is 4.74 Å². The summed E-state index contributed by atoms with van der Waals surface area (Å²) in [5.74, 6) is 0.334. The highest BCUT2D eigenvalue weighted by Crippen LogP contribution is 2.25. The van der Waals surface area contributed by atoms with Crippen LogP contribution >= 0.6 is 0 Å². The molecule has 27 heavy (non-hydrogen) atoms. The Bertz CT molecular complexity index is 801. The molecule has 0 saturated heterocycles. The molecular weight excluding hydrogens is 342 g/mol. The molecule has 0 bridgehead atoms. The van der Waals surface area contributed by atoms with Gasteiger partial charge in [0.2, 0.25) is 11.8 Å². The average Bonchev–Trinajstić information content (AvgIpc) is 2.62. The van der Waals surface area contributed by atoms with E-state index in [-0.39, 0.29) is 18.2 Å². The molecule has 0 heterocycles. The van der Waals surface area contributed by atoms with Crippen molar-refractivity contribution in [2.24, 2.45) is 0 Å². The second kappa shape index (κ2) is 9.07. The van der Waals surface area contributed by atoms with Crippen molar-refractivity contribution in [1.82, 2.24) is 0 Å². The van der Waals surface area contributed by atoms with Crippen LogP contribution in [0, 0.1) is 6.92 Å². The molecule has 2 rings (SSSR count). The summed E-state index contributed by atoms with van der Waals surface area (Å²) in [6, 6.07) is 13.3. The van der Waals surface area contributed by atoms with Crippen LogP contribution in [0.15, 0.2) is 42.5 Å². The Morgan fingerprint density at radius 3 is 2.22 bits per heavy atom. The van der Waals surface area contributed by atoms with E-state index in [1.54, 1.807) is 12.0 Å². The fourth-order valence-corrected chi connectivity index (χ4v) is 2.74. The van der Waals surface area contributed by atoms with E-state index in [1.165, 1.54) is 6.92 Å². The second-order valence-electron chi connectivity index (χ2n) is 6.58. The molecule has 2 aromatic carbocycles. The summed E-state index contributed by atoms with van der Waals surface area (Å²) < 4.78 is 5.28. The summed E-state index contributed by atoms with van der Waals surface area (Å²) in [6.45, 7) is 3.75. The van der Waals surface area contributed by atoms with Crippen molar-refractivity contribution in [3.8, 4) is 5.75 Å². The van der Waals surface area contributed by atoms with Gasteiger partial charge >= 0.3 is 0 Å². The molecule has 2 aromatic rings. The highest BCUT2D eigenvalue weighted by molar-refractivity contribution is 5.95. The number of nitrogens with zero attached hydrogens (tertiary/aromatic N) is 2. The predicted molar refractivity (Wildman–Crippen MR) is 110 cm³/mol. The van der Waals surface area contributed by atoms with Crippen LogP contribution in [0.2, 0.25) is 0 Å². The lowest BCUT2D eigenvalue weighted by Crippen LogP contribution is -2.32. The first kappa shape index (κ1) is 20.3. The molecule has 6 heteroatoms. The van der Waals surface area contributed by atoms with Crippen molar-refractivity contribution >= 4 is 28.9 Å². The first-order valence-corrected chi connectivity index (χ1v) is 8.82. The number of methoxy groups -OCH3 is 1. The maximum atomic E-state index is 12.4. The van der Waals surface area contributed by atoms with Crippen LogP contribution in [0.3, 0.4) is 0 Å². The maximum absolute atomic E-state index is 12.4. The number of aryl methyl sites for hydroxylation is 1. The molecule has 0 radical (unpaired) electrons. The Balaban J connectivity index is 2.04. The van der Waals surface area contributed by atoms with Gasteiger partial charge in [0.05, 0.1) is 12.8 Å². The summed E-state index contributed by atoms with van der Waals surface area (Å²) in [5.41, 5.74) is 3.48. The number of ether oxygens (including phenoxy) is 1. The van der Waals surface area contributed by atoms with E-state index >= 15 is 0 Å². The Labute approximate surface area is 160 Å². The standard InChI is InChI=1S/C21H27N3O3/c1-15-6-11-20(27-5)19(14-15)22-21(26)12-13-24(16(2)25)18-9-7-17(8-10-18)23(3)4/h6-11,14H,12-13H2,1-5H3,(H,22,26). The topological polar surface area (TPSA) is 61.9 Å². The minimum absolute atomic E-state index is 0.103. The minimum atomic E-state index is -0.171. The molecule has 144 valence electrons. The highest BCUT2D eigenvalue weighted by Gasteiger charge is 2.15. The highest BCUT2D eigenvalue weighted by atomic mass is 16.5. The van der Waals surface area contributed by atoms with Crippen LogP contribution in [0.5, 0.6) is 5.75 Å². The number of carbonyl (C=O) groups excluding carboxylic acids is 2. The number of amides is 2. The smallest absolute Gasteiger partial charge is 0.226 e. The molecule has 0 unspecified atom stereocenters. The largest absolute Gasteiger partial charge is 0.495 e. The number of nitrogens with one attached hydrogen (secondary N) is 1. The van der Waals surface area contributed by atoms with Crippen molar-refractivity contribution in [2.45, 2.75) is 20.3 Å². The molecule has 6 nitrogen and oxygen atoms in total. The second-order valence-corrected chi connectivity index (χ2v) is 6.58.